The molecule has 0 aliphatic carbocycles. The van der Waals surface area contributed by atoms with E-state index in [1.54, 1.807) is 11.3 Å². The number of ether oxygens (including phenoxy) is 1. The van der Waals surface area contributed by atoms with Crippen molar-refractivity contribution < 1.29 is 9.84 Å². The normalized spacial score (nSPS) is 18.6. The van der Waals surface area contributed by atoms with Crippen LogP contribution in [0.1, 0.15) is 29.0 Å². The van der Waals surface area contributed by atoms with Gasteiger partial charge in [-0.15, -0.1) is 11.3 Å². The second kappa shape index (κ2) is 7.66. The van der Waals surface area contributed by atoms with Crippen molar-refractivity contribution in [3.05, 3.63) is 21.9 Å². The fourth-order valence-electron chi connectivity index (χ4n) is 2.20. The van der Waals surface area contributed by atoms with Crippen molar-refractivity contribution in [3.63, 3.8) is 0 Å². The van der Waals surface area contributed by atoms with Gasteiger partial charge in [-0.3, -0.25) is 4.90 Å². The quantitative estimate of drug-likeness (QED) is 0.838. The Balaban J connectivity index is 1.80. The van der Waals surface area contributed by atoms with Gasteiger partial charge in [0.25, 0.3) is 0 Å². The first-order valence-corrected chi connectivity index (χ1v) is 7.58. The van der Waals surface area contributed by atoms with Gasteiger partial charge in [0, 0.05) is 31.0 Å². The molecule has 1 aromatic heterocycles. The van der Waals surface area contributed by atoms with Gasteiger partial charge in [0.15, 0.2) is 0 Å². The van der Waals surface area contributed by atoms with E-state index in [9.17, 15) is 0 Å². The first-order valence-electron chi connectivity index (χ1n) is 6.76. The van der Waals surface area contributed by atoms with Crippen LogP contribution in [0.15, 0.2) is 12.1 Å². The molecule has 0 aromatic carbocycles. The zero-order valence-corrected chi connectivity index (χ0v) is 12.2. The predicted molar refractivity (Wildman–Crippen MR) is 78.2 cm³/mol. The number of likely N-dealkylation sites (N-methyl/N-ethyl adjacent to an activating group) is 1. The molecule has 1 atom stereocenters. The topological polar surface area (TPSA) is 32.7 Å². The minimum Gasteiger partial charge on any atom is -0.395 e. The van der Waals surface area contributed by atoms with Gasteiger partial charge >= 0.3 is 0 Å². The van der Waals surface area contributed by atoms with E-state index >= 15 is 0 Å². The van der Waals surface area contributed by atoms with E-state index in [2.05, 4.69) is 35.9 Å². The summed E-state index contributed by atoms with van der Waals surface area (Å²) in [4.78, 5) is 4.72. The molecule has 0 bridgehead atoms. The third-order valence-corrected chi connectivity index (χ3v) is 4.06. The molecule has 1 fully saturated rings. The summed E-state index contributed by atoms with van der Waals surface area (Å²) in [6.07, 6.45) is 3.34. The molecule has 4 heteroatoms. The maximum absolute atomic E-state index is 8.69. The summed E-state index contributed by atoms with van der Waals surface area (Å²) in [6.45, 7) is 3.01. The van der Waals surface area contributed by atoms with Crippen LogP contribution < -0.4 is 0 Å². The van der Waals surface area contributed by atoms with Crippen LogP contribution in [0.2, 0.25) is 0 Å². The Morgan fingerprint density at radius 2 is 2.42 bits per heavy atom. The first kappa shape index (κ1) is 14.5. The number of hydrogen-bond acceptors (Lipinski definition) is 4. The zero-order valence-electron chi connectivity index (χ0n) is 11.4. The Bertz CT molecular complexity index is 440. The summed E-state index contributed by atoms with van der Waals surface area (Å²) in [6, 6.07) is 4.20. The van der Waals surface area contributed by atoms with Crippen molar-refractivity contribution in [2.24, 2.45) is 0 Å². The average molecular weight is 279 g/mol. The van der Waals surface area contributed by atoms with Gasteiger partial charge in [0.05, 0.1) is 17.6 Å². The summed E-state index contributed by atoms with van der Waals surface area (Å²) >= 11 is 1.73. The largest absolute Gasteiger partial charge is 0.395 e. The fraction of sp³-hybridized carbons (Fsp3) is 0.600. The molecule has 1 aliphatic rings. The maximum atomic E-state index is 8.69. The summed E-state index contributed by atoms with van der Waals surface area (Å²) in [7, 11) is 2.14. The Morgan fingerprint density at radius 1 is 1.53 bits per heavy atom. The predicted octanol–water partition coefficient (Wildman–Crippen LogP) is 2.09. The Morgan fingerprint density at radius 3 is 3.16 bits per heavy atom. The van der Waals surface area contributed by atoms with E-state index in [0.717, 1.165) is 24.6 Å². The Labute approximate surface area is 119 Å². The van der Waals surface area contributed by atoms with Crippen molar-refractivity contribution in [2.75, 3.05) is 26.8 Å². The highest BCUT2D eigenvalue weighted by atomic mass is 32.1. The van der Waals surface area contributed by atoms with Crippen molar-refractivity contribution in [2.45, 2.75) is 31.9 Å². The highest BCUT2D eigenvalue weighted by Gasteiger charge is 2.17. The lowest BCUT2D eigenvalue weighted by molar-refractivity contribution is 0.0796. The second-order valence-corrected chi connectivity index (χ2v) is 6.04. The zero-order chi connectivity index (χ0) is 13.5. The summed E-state index contributed by atoms with van der Waals surface area (Å²) in [5, 5.41) is 8.69. The molecule has 1 aromatic rings. The van der Waals surface area contributed by atoms with Gasteiger partial charge < -0.3 is 9.84 Å². The smallest absolute Gasteiger partial charge is 0.0771 e. The molecule has 3 nitrogen and oxygen atoms in total. The molecule has 1 saturated heterocycles. The standard InChI is InChI=1S/C15H21NO2S/c1-16(11-13-5-4-10-18-13)12-15-8-7-14(19-15)6-2-3-9-17/h7-8,13,17H,3-5,9-12H2,1H3. The van der Waals surface area contributed by atoms with E-state index in [1.807, 2.05) is 0 Å². The van der Waals surface area contributed by atoms with E-state index in [-0.39, 0.29) is 6.61 Å². The lowest BCUT2D eigenvalue weighted by Gasteiger charge is -2.19. The molecular weight excluding hydrogens is 258 g/mol. The van der Waals surface area contributed by atoms with E-state index in [1.165, 1.54) is 17.7 Å². The highest BCUT2D eigenvalue weighted by molar-refractivity contribution is 7.12. The van der Waals surface area contributed by atoms with Gasteiger partial charge in [-0.25, -0.2) is 0 Å². The SMILES string of the molecule is CN(Cc1ccc(C#CCCO)s1)CC1CCCO1. The molecule has 19 heavy (non-hydrogen) atoms. The highest BCUT2D eigenvalue weighted by Crippen LogP contribution is 2.19. The monoisotopic (exact) mass is 279 g/mol. The number of nitrogens with zero attached hydrogens (tertiary/aromatic N) is 1. The minimum absolute atomic E-state index is 0.134. The lowest BCUT2D eigenvalue weighted by Crippen LogP contribution is -2.27. The molecule has 2 rings (SSSR count). The van der Waals surface area contributed by atoms with Crippen molar-refractivity contribution in [1.82, 2.24) is 4.90 Å². The van der Waals surface area contributed by atoms with Crippen LogP contribution in [0.25, 0.3) is 0 Å². The van der Waals surface area contributed by atoms with Crippen LogP contribution in [0.5, 0.6) is 0 Å². The average Bonchev–Trinajstić information content (AvgIpc) is 3.02. The Kier molecular flexibility index (Phi) is 5.87. The molecule has 0 amide bonds. The number of rotatable bonds is 5. The molecule has 1 aliphatic heterocycles. The van der Waals surface area contributed by atoms with Crippen LogP contribution in [-0.4, -0.2) is 42.9 Å². The number of aliphatic hydroxyl groups excluding tert-OH is 1. The van der Waals surface area contributed by atoms with E-state index in [4.69, 9.17) is 9.84 Å². The molecule has 2 heterocycles. The van der Waals surface area contributed by atoms with Crippen molar-refractivity contribution >= 4 is 11.3 Å². The number of hydrogen-bond donors (Lipinski definition) is 1. The van der Waals surface area contributed by atoms with Gasteiger partial charge in [-0.1, -0.05) is 11.8 Å². The summed E-state index contributed by atoms with van der Waals surface area (Å²) < 4.78 is 5.65. The molecular formula is C15H21NO2S. The van der Waals surface area contributed by atoms with Crippen LogP contribution in [0.3, 0.4) is 0 Å². The van der Waals surface area contributed by atoms with Crippen molar-refractivity contribution in [3.8, 4) is 11.8 Å². The van der Waals surface area contributed by atoms with E-state index in [0.29, 0.717) is 12.5 Å². The molecule has 104 valence electrons. The van der Waals surface area contributed by atoms with Gasteiger partial charge in [-0.05, 0) is 32.0 Å². The lowest BCUT2D eigenvalue weighted by atomic mass is 10.2. The van der Waals surface area contributed by atoms with Gasteiger partial charge in [0.2, 0.25) is 0 Å². The van der Waals surface area contributed by atoms with Crippen molar-refractivity contribution in [1.29, 1.82) is 0 Å². The molecule has 1 N–H and O–H groups in total. The molecule has 0 saturated carbocycles. The van der Waals surface area contributed by atoms with Crippen LogP contribution in [0.4, 0.5) is 0 Å². The van der Waals surface area contributed by atoms with E-state index < -0.39 is 0 Å². The number of thiophene rings is 1. The van der Waals surface area contributed by atoms with Crippen LogP contribution in [0, 0.1) is 11.8 Å². The minimum atomic E-state index is 0.134. The third kappa shape index (κ3) is 4.96. The summed E-state index contributed by atoms with van der Waals surface area (Å²) in [5.41, 5.74) is 0. The summed E-state index contributed by atoms with van der Waals surface area (Å²) in [5.74, 6) is 6.03. The fourth-order valence-corrected chi connectivity index (χ4v) is 3.16. The maximum Gasteiger partial charge on any atom is 0.0771 e. The molecule has 1 unspecified atom stereocenters. The van der Waals surface area contributed by atoms with Gasteiger partial charge in [-0.2, -0.15) is 0 Å². The second-order valence-electron chi connectivity index (χ2n) is 4.87. The first-order chi connectivity index (χ1) is 9.28. The van der Waals surface area contributed by atoms with Gasteiger partial charge in [0.1, 0.15) is 0 Å². The van der Waals surface area contributed by atoms with Crippen LogP contribution in [-0.2, 0) is 11.3 Å². The third-order valence-electron chi connectivity index (χ3n) is 3.08. The Hall–Kier alpha value is -0.860. The van der Waals surface area contributed by atoms with Crippen LogP contribution >= 0.6 is 11.3 Å². The molecule has 0 radical (unpaired) electrons. The number of aliphatic hydroxyl groups is 1. The molecule has 0 spiro atoms.